The molecule has 0 amide bonds. The fourth-order valence-electron chi connectivity index (χ4n) is 1.68. The zero-order chi connectivity index (χ0) is 13.6. The first-order valence-corrected chi connectivity index (χ1v) is 8.05. The van der Waals surface area contributed by atoms with Crippen molar-refractivity contribution in [1.29, 1.82) is 0 Å². The van der Waals surface area contributed by atoms with Gasteiger partial charge in [-0.2, -0.15) is 0 Å². The van der Waals surface area contributed by atoms with Gasteiger partial charge in [0.05, 0.1) is 5.75 Å². The largest absolute Gasteiger partial charge is 0.316 e. The minimum absolute atomic E-state index is 0.210. The molecule has 0 spiro atoms. The molecule has 0 saturated carbocycles. The van der Waals surface area contributed by atoms with Crippen molar-refractivity contribution in [2.24, 2.45) is 0 Å². The molecular weight excluding hydrogens is 248 g/mol. The number of nitrogens with zero attached hydrogens (tertiary/aromatic N) is 1. The van der Waals surface area contributed by atoms with Crippen LogP contribution in [0.25, 0.3) is 0 Å². The van der Waals surface area contributed by atoms with Crippen LogP contribution >= 0.6 is 0 Å². The van der Waals surface area contributed by atoms with E-state index in [-0.39, 0.29) is 5.75 Å². The van der Waals surface area contributed by atoms with Crippen molar-refractivity contribution in [3.8, 4) is 0 Å². The summed E-state index contributed by atoms with van der Waals surface area (Å²) in [6, 6.07) is 8.36. The van der Waals surface area contributed by atoms with Crippen LogP contribution in [0.3, 0.4) is 0 Å². The summed E-state index contributed by atoms with van der Waals surface area (Å²) in [5.41, 5.74) is 2.45. The van der Waals surface area contributed by atoms with E-state index < -0.39 is 9.84 Å². The SMILES string of the molecule is CNCc1ccc(CN(C)CCS(C)(=O)=O)cc1. The number of nitrogens with one attached hydrogen (secondary N) is 1. The molecule has 0 fully saturated rings. The maximum Gasteiger partial charge on any atom is 0.148 e. The average molecular weight is 270 g/mol. The van der Waals surface area contributed by atoms with Gasteiger partial charge >= 0.3 is 0 Å². The van der Waals surface area contributed by atoms with Gasteiger partial charge in [-0.3, -0.25) is 0 Å². The van der Waals surface area contributed by atoms with E-state index in [9.17, 15) is 8.42 Å². The first-order chi connectivity index (χ1) is 8.40. The van der Waals surface area contributed by atoms with Crippen molar-refractivity contribution < 1.29 is 8.42 Å². The van der Waals surface area contributed by atoms with Crippen LogP contribution in [0.15, 0.2) is 24.3 Å². The van der Waals surface area contributed by atoms with Crippen LogP contribution in [0.2, 0.25) is 0 Å². The molecule has 1 aromatic rings. The minimum atomic E-state index is -2.88. The number of hydrogen-bond acceptors (Lipinski definition) is 4. The third-order valence-corrected chi connectivity index (χ3v) is 3.62. The smallest absolute Gasteiger partial charge is 0.148 e. The van der Waals surface area contributed by atoms with Gasteiger partial charge in [-0.1, -0.05) is 24.3 Å². The Bertz CT molecular complexity index is 454. The zero-order valence-corrected chi connectivity index (χ0v) is 12.1. The second kappa shape index (κ2) is 6.87. The zero-order valence-electron chi connectivity index (χ0n) is 11.3. The molecule has 18 heavy (non-hydrogen) atoms. The summed E-state index contributed by atoms with van der Waals surface area (Å²) in [5.74, 6) is 0.210. The highest BCUT2D eigenvalue weighted by atomic mass is 32.2. The maximum atomic E-state index is 11.1. The van der Waals surface area contributed by atoms with Gasteiger partial charge in [0.1, 0.15) is 9.84 Å². The Morgan fingerprint density at radius 1 is 1.17 bits per heavy atom. The van der Waals surface area contributed by atoms with Gasteiger partial charge < -0.3 is 10.2 Å². The van der Waals surface area contributed by atoms with Gasteiger partial charge in [0.15, 0.2) is 0 Å². The molecule has 0 aromatic heterocycles. The third kappa shape index (κ3) is 6.14. The van der Waals surface area contributed by atoms with E-state index in [4.69, 9.17) is 0 Å². The molecule has 0 aliphatic carbocycles. The van der Waals surface area contributed by atoms with Crippen LogP contribution in [-0.2, 0) is 22.9 Å². The molecule has 0 aliphatic heterocycles. The van der Waals surface area contributed by atoms with E-state index in [1.807, 2.05) is 19.0 Å². The second-order valence-corrected chi connectivity index (χ2v) is 6.97. The topological polar surface area (TPSA) is 49.4 Å². The predicted molar refractivity (Wildman–Crippen MR) is 75.3 cm³/mol. The lowest BCUT2D eigenvalue weighted by Gasteiger charge is -2.16. The van der Waals surface area contributed by atoms with Gasteiger partial charge in [0.25, 0.3) is 0 Å². The van der Waals surface area contributed by atoms with E-state index in [1.165, 1.54) is 17.4 Å². The molecule has 1 rings (SSSR count). The minimum Gasteiger partial charge on any atom is -0.316 e. The third-order valence-electron chi connectivity index (χ3n) is 2.70. The summed E-state index contributed by atoms with van der Waals surface area (Å²) in [6.45, 7) is 2.21. The van der Waals surface area contributed by atoms with Gasteiger partial charge in [-0.25, -0.2) is 8.42 Å². The molecular formula is C13H22N2O2S. The lowest BCUT2D eigenvalue weighted by Crippen LogP contribution is -2.24. The summed E-state index contributed by atoms with van der Waals surface area (Å²) in [6.07, 6.45) is 1.27. The Labute approximate surface area is 110 Å². The van der Waals surface area contributed by atoms with Crippen molar-refractivity contribution in [3.05, 3.63) is 35.4 Å². The van der Waals surface area contributed by atoms with Crippen molar-refractivity contribution in [2.45, 2.75) is 13.1 Å². The van der Waals surface area contributed by atoms with Crippen LogP contribution in [0, 0.1) is 0 Å². The fraction of sp³-hybridized carbons (Fsp3) is 0.538. The lowest BCUT2D eigenvalue weighted by atomic mass is 10.1. The average Bonchev–Trinajstić information content (AvgIpc) is 2.29. The second-order valence-electron chi connectivity index (χ2n) is 4.71. The Morgan fingerprint density at radius 2 is 1.72 bits per heavy atom. The van der Waals surface area contributed by atoms with Crippen molar-refractivity contribution in [2.75, 3.05) is 32.6 Å². The van der Waals surface area contributed by atoms with Gasteiger partial charge in [0, 0.05) is 25.9 Å². The van der Waals surface area contributed by atoms with E-state index in [0.29, 0.717) is 6.54 Å². The molecule has 0 radical (unpaired) electrons. The van der Waals surface area contributed by atoms with Gasteiger partial charge in [-0.05, 0) is 25.2 Å². The normalized spacial score (nSPS) is 12.0. The standard InChI is InChI=1S/C13H22N2O2S/c1-14-10-12-4-6-13(7-5-12)11-15(2)8-9-18(3,16)17/h4-7,14H,8-11H2,1-3H3. The van der Waals surface area contributed by atoms with Crippen molar-refractivity contribution in [1.82, 2.24) is 10.2 Å². The molecule has 5 heteroatoms. The van der Waals surface area contributed by atoms with Crippen molar-refractivity contribution in [3.63, 3.8) is 0 Å². The molecule has 1 aromatic carbocycles. The highest BCUT2D eigenvalue weighted by molar-refractivity contribution is 7.90. The first-order valence-electron chi connectivity index (χ1n) is 5.99. The quantitative estimate of drug-likeness (QED) is 0.799. The van der Waals surface area contributed by atoms with Crippen LogP contribution in [0.5, 0.6) is 0 Å². The highest BCUT2D eigenvalue weighted by Crippen LogP contribution is 2.06. The van der Waals surface area contributed by atoms with E-state index >= 15 is 0 Å². The monoisotopic (exact) mass is 270 g/mol. The Hall–Kier alpha value is -0.910. The molecule has 0 saturated heterocycles. The summed E-state index contributed by atoms with van der Waals surface area (Å²) in [4.78, 5) is 2.02. The summed E-state index contributed by atoms with van der Waals surface area (Å²) in [5, 5.41) is 3.10. The summed E-state index contributed by atoms with van der Waals surface area (Å²) in [7, 11) is 0.985. The summed E-state index contributed by atoms with van der Waals surface area (Å²) < 4.78 is 22.1. The lowest BCUT2D eigenvalue weighted by molar-refractivity contribution is 0.346. The number of hydrogen-bond donors (Lipinski definition) is 1. The Morgan fingerprint density at radius 3 is 2.22 bits per heavy atom. The molecule has 4 nitrogen and oxygen atoms in total. The Kier molecular flexibility index (Phi) is 5.78. The van der Waals surface area contributed by atoms with E-state index in [0.717, 1.165) is 13.1 Å². The van der Waals surface area contributed by atoms with Gasteiger partial charge in [0.2, 0.25) is 0 Å². The predicted octanol–water partition coefficient (Wildman–Crippen LogP) is 0.882. The molecule has 0 bridgehead atoms. The van der Waals surface area contributed by atoms with Crippen LogP contribution in [0.1, 0.15) is 11.1 Å². The van der Waals surface area contributed by atoms with Crippen LogP contribution in [0.4, 0.5) is 0 Å². The molecule has 0 unspecified atom stereocenters. The fourth-order valence-corrected chi connectivity index (χ4v) is 2.32. The molecule has 0 heterocycles. The number of sulfone groups is 1. The molecule has 1 N–H and O–H groups in total. The molecule has 0 atom stereocenters. The van der Waals surface area contributed by atoms with E-state index in [1.54, 1.807) is 0 Å². The highest BCUT2D eigenvalue weighted by Gasteiger charge is 2.06. The van der Waals surface area contributed by atoms with Gasteiger partial charge in [-0.15, -0.1) is 0 Å². The maximum absolute atomic E-state index is 11.1. The summed E-state index contributed by atoms with van der Waals surface area (Å²) >= 11 is 0. The Balaban J connectivity index is 2.46. The van der Waals surface area contributed by atoms with Crippen molar-refractivity contribution >= 4 is 9.84 Å². The molecule has 102 valence electrons. The number of benzene rings is 1. The number of rotatable bonds is 7. The van der Waals surface area contributed by atoms with Crippen LogP contribution < -0.4 is 5.32 Å². The molecule has 0 aliphatic rings. The first kappa shape index (κ1) is 15.1. The van der Waals surface area contributed by atoms with E-state index in [2.05, 4.69) is 29.6 Å². The van der Waals surface area contributed by atoms with Crippen LogP contribution in [-0.4, -0.2) is 46.0 Å².